The Morgan fingerprint density at radius 1 is 1.00 bits per heavy atom. The summed E-state index contributed by atoms with van der Waals surface area (Å²) < 4.78 is 11.8. The fourth-order valence-corrected chi connectivity index (χ4v) is 7.61. The summed E-state index contributed by atoms with van der Waals surface area (Å²) in [5, 5.41) is 16.5. The normalized spacial score (nSPS) is 28.7. The number of aliphatic hydroxyl groups excluding tert-OH is 1. The summed E-state index contributed by atoms with van der Waals surface area (Å²) in [5.41, 5.74) is 0.531. The number of aliphatic hydroxyl groups is 1. The highest BCUT2D eigenvalue weighted by atomic mass is 79.9. The van der Waals surface area contributed by atoms with Gasteiger partial charge in [-0.05, 0) is 48.4 Å². The average Bonchev–Trinajstić information content (AvgIpc) is 3.58. The van der Waals surface area contributed by atoms with Crippen LogP contribution in [0.2, 0.25) is 0 Å². The molecule has 3 unspecified atom stereocenters. The second-order valence-electron chi connectivity index (χ2n) is 10.6. The maximum absolute atomic E-state index is 14.4. The predicted molar refractivity (Wildman–Crippen MR) is 156 cm³/mol. The summed E-state index contributed by atoms with van der Waals surface area (Å²) in [5.74, 6) is -2.30. The number of amides is 3. The summed E-state index contributed by atoms with van der Waals surface area (Å²) in [6, 6.07) is 23.1. The van der Waals surface area contributed by atoms with Gasteiger partial charge in [0.15, 0.2) is 0 Å². The number of nitrogens with zero attached hydrogens (tertiary/aromatic N) is 1. The third-order valence-electron chi connectivity index (χ3n) is 8.37. The van der Waals surface area contributed by atoms with Gasteiger partial charge >= 0.3 is 0 Å². The first-order valence-electron chi connectivity index (χ1n) is 13.5. The van der Waals surface area contributed by atoms with Gasteiger partial charge in [-0.15, -0.1) is 0 Å². The Morgan fingerprint density at radius 2 is 1.61 bits per heavy atom. The molecule has 3 aromatic rings. The van der Waals surface area contributed by atoms with E-state index in [-0.39, 0.29) is 10.7 Å². The van der Waals surface area contributed by atoms with Crippen LogP contribution < -0.4 is 15.4 Å². The highest BCUT2D eigenvalue weighted by molar-refractivity contribution is 9.09. The lowest BCUT2D eigenvalue weighted by Gasteiger charge is -2.37. The van der Waals surface area contributed by atoms with Gasteiger partial charge in [0.2, 0.25) is 17.7 Å². The fourth-order valence-electron chi connectivity index (χ4n) is 6.66. The molecule has 9 nitrogen and oxygen atoms in total. The number of carbonyl (C=O) groups is 3. The van der Waals surface area contributed by atoms with Gasteiger partial charge in [-0.3, -0.25) is 14.4 Å². The lowest BCUT2D eigenvalue weighted by atomic mass is 9.70. The molecular formula is C31H30BrN3O6. The van der Waals surface area contributed by atoms with Crippen LogP contribution in [0.3, 0.4) is 0 Å². The number of carbonyl (C=O) groups excluding carboxylic acids is 3. The summed E-state index contributed by atoms with van der Waals surface area (Å²) in [6.45, 7) is -0.410. The Balaban J connectivity index is 1.41. The van der Waals surface area contributed by atoms with Crippen LogP contribution >= 0.6 is 15.9 Å². The molecule has 3 aliphatic rings. The van der Waals surface area contributed by atoms with Crippen molar-refractivity contribution in [3.05, 3.63) is 90.5 Å². The number of para-hydroxylation sites is 1. The highest BCUT2D eigenvalue weighted by Gasteiger charge is 2.77. The largest absolute Gasteiger partial charge is 0.497 e. The molecule has 3 amide bonds. The predicted octanol–water partition coefficient (Wildman–Crippen LogP) is 3.75. The molecule has 0 aromatic heterocycles. The number of hydrogen-bond donors (Lipinski definition) is 3. The topological polar surface area (TPSA) is 117 Å². The van der Waals surface area contributed by atoms with E-state index in [2.05, 4.69) is 26.6 Å². The monoisotopic (exact) mass is 619 g/mol. The van der Waals surface area contributed by atoms with Crippen molar-refractivity contribution in [3.63, 3.8) is 0 Å². The molecule has 3 aliphatic heterocycles. The Labute approximate surface area is 246 Å². The number of ether oxygens (including phenoxy) is 2. The first-order chi connectivity index (χ1) is 19.9. The minimum absolute atomic E-state index is 0.251. The molecule has 0 radical (unpaired) electrons. The van der Waals surface area contributed by atoms with Crippen LogP contribution in [0.1, 0.15) is 18.0 Å². The molecule has 0 saturated carbocycles. The Hall–Kier alpha value is -3.73. The van der Waals surface area contributed by atoms with Crippen molar-refractivity contribution >= 4 is 45.0 Å². The lowest BCUT2D eigenvalue weighted by Crippen LogP contribution is -2.55. The zero-order valence-electron chi connectivity index (χ0n) is 22.3. The number of rotatable bonds is 8. The van der Waals surface area contributed by atoms with E-state index in [0.29, 0.717) is 29.1 Å². The molecule has 3 fully saturated rings. The molecule has 7 atom stereocenters. The average molecular weight is 621 g/mol. The molecule has 3 aromatic carbocycles. The molecular weight excluding hydrogens is 590 g/mol. The number of hydrogen-bond acceptors (Lipinski definition) is 6. The van der Waals surface area contributed by atoms with Gasteiger partial charge in [-0.25, -0.2) is 0 Å². The van der Waals surface area contributed by atoms with Gasteiger partial charge in [0, 0.05) is 16.2 Å². The minimum Gasteiger partial charge on any atom is -0.497 e. The Morgan fingerprint density at radius 3 is 2.24 bits per heavy atom. The summed E-state index contributed by atoms with van der Waals surface area (Å²) >= 11 is 3.69. The first kappa shape index (κ1) is 27.4. The van der Waals surface area contributed by atoms with Crippen molar-refractivity contribution in [2.45, 2.75) is 35.0 Å². The number of anilines is 2. The molecule has 1 spiro atoms. The molecule has 2 bridgehead atoms. The zero-order valence-corrected chi connectivity index (χ0v) is 23.9. The van der Waals surface area contributed by atoms with Crippen molar-refractivity contribution in [1.29, 1.82) is 0 Å². The zero-order chi connectivity index (χ0) is 28.7. The summed E-state index contributed by atoms with van der Waals surface area (Å²) in [7, 11) is 1.56. The standard InChI is InChI=1S/C31H30BrN3O6/c1-40-21-14-12-20(13-15-21)34-29(38)27-31-16-22(32)26(41-31)24(28(37)33-19-10-6-3-7-11-19)25(31)30(39)35(27)23(17-36)18-8-4-2-5-9-18/h2-15,22-27,36H,16-17H2,1H3,(H,33,37)(H,34,38)/t22?,23-,24-,25+,26-,27?,31?/m1/s1. The van der Waals surface area contributed by atoms with Crippen LogP contribution in [0, 0.1) is 11.8 Å². The van der Waals surface area contributed by atoms with E-state index in [1.165, 1.54) is 4.90 Å². The first-order valence-corrected chi connectivity index (χ1v) is 14.4. The maximum Gasteiger partial charge on any atom is 0.250 e. The van der Waals surface area contributed by atoms with Gasteiger partial charge in [0.25, 0.3) is 0 Å². The van der Waals surface area contributed by atoms with Crippen molar-refractivity contribution in [1.82, 2.24) is 4.90 Å². The number of likely N-dealkylation sites (tertiary alicyclic amines) is 1. The van der Waals surface area contributed by atoms with E-state index < -0.39 is 54.0 Å². The molecule has 3 heterocycles. The van der Waals surface area contributed by atoms with Crippen LogP contribution in [0.25, 0.3) is 0 Å². The van der Waals surface area contributed by atoms with Gasteiger partial charge in [-0.1, -0.05) is 64.5 Å². The molecule has 212 valence electrons. The number of nitrogens with one attached hydrogen (secondary N) is 2. The third-order valence-corrected chi connectivity index (χ3v) is 9.21. The quantitative estimate of drug-likeness (QED) is 0.331. The molecule has 10 heteroatoms. The number of fused-ring (bicyclic) bond motifs is 1. The molecule has 3 N–H and O–H groups in total. The Kier molecular flexibility index (Phi) is 7.31. The molecule has 3 saturated heterocycles. The van der Waals surface area contributed by atoms with Crippen molar-refractivity contribution in [2.75, 3.05) is 24.4 Å². The second-order valence-corrected chi connectivity index (χ2v) is 11.8. The number of alkyl halides is 1. The van der Waals surface area contributed by atoms with E-state index in [9.17, 15) is 19.5 Å². The van der Waals surface area contributed by atoms with Gasteiger partial charge < -0.3 is 30.1 Å². The SMILES string of the molecule is COc1ccc(NC(=O)C2N([C@H](CO)c3ccccc3)C(=O)[C@@H]3[C@@H](C(=O)Nc4ccccc4)[C@@H]4OC23CC4Br)cc1. The summed E-state index contributed by atoms with van der Waals surface area (Å²) in [4.78, 5) is 43.5. The minimum atomic E-state index is -1.27. The van der Waals surface area contributed by atoms with Crippen LogP contribution in [0.4, 0.5) is 11.4 Å². The fraction of sp³-hybridized carbons (Fsp3) is 0.323. The van der Waals surface area contributed by atoms with E-state index in [0.717, 1.165) is 0 Å². The molecule has 41 heavy (non-hydrogen) atoms. The van der Waals surface area contributed by atoms with E-state index >= 15 is 0 Å². The van der Waals surface area contributed by atoms with Crippen LogP contribution in [0.5, 0.6) is 5.75 Å². The highest BCUT2D eigenvalue weighted by Crippen LogP contribution is 2.61. The van der Waals surface area contributed by atoms with Crippen LogP contribution in [-0.2, 0) is 19.1 Å². The number of halogens is 1. The van der Waals surface area contributed by atoms with Crippen molar-refractivity contribution in [2.24, 2.45) is 11.8 Å². The number of methoxy groups -OCH3 is 1. The second kappa shape index (κ2) is 10.9. The smallest absolute Gasteiger partial charge is 0.250 e. The van der Waals surface area contributed by atoms with Gasteiger partial charge in [-0.2, -0.15) is 0 Å². The molecule has 0 aliphatic carbocycles. The van der Waals surface area contributed by atoms with E-state index in [1.54, 1.807) is 43.5 Å². The number of benzene rings is 3. The van der Waals surface area contributed by atoms with E-state index in [1.807, 2.05) is 48.5 Å². The van der Waals surface area contributed by atoms with Gasteiger partial charge in [0.1, 0.15) is 17.4 Å². The van der Waals surface area contributed by atoms with Crippen molar-refractivity contribution in [3.8, 4) is 5.75 Å². The summed E-state index contributed by atoms with van der Waals surface area (Å²) in [6.07, 6.45) is -0.247. The van der Waals surface area contributed by atoms with Crippen molar-refractivity contribution < 1.29 is 29.0 Å². The third kappa shape index (κ3) is 4.60. The van der Waals surface area contributed by atoms with Crippen LogP contribution in [0.15, 0.2) is 84.9 Å². The maximum atomic E-state index is 14.4. The lowest BCUT2D eigenvalue weighted by molar-refractivity contribution is -0.143. The van der Waals surface area contributed by atoms with Gasteiger partial charge in [0.05, 0.1) is 37.7 Å². The molecule has 6 rings (SSSR count). The van der Waals surface area contributed by atoms with E-state index in [4.69, 9.17) is 9.47 Å². The Bertz CT molecular complexity index is 1440. The van der Waals surface area contributed by atoms with Crippen LogP contribution in [-0.4, -0.2) is 64.0 Å².